The summed E-state index contributed by atoms with van der Waals surface area (Å²) in [6.07, 6.45) is 5.18. The van der Waals surface area contributed by atoms with Crippen LogP contribution in [0, 0.1) is 5.82 Å². The molecule has 2 heterocycles. The molecule has 28 heavy (non-hydrogen) atoms. The Balaban J connectivity index is 1.77. The van der Waals surface area contributed by atoms with Crippen LogP contribution < -0.4 is 5.32 Å². The van der Waals surface area contributed by atoms with Crippen molar-refractivity contribution in [1.29, 1.82) is 0 Å². The number of aromatic nitrogens is 4. The number of nitrogens with zero attached hydrogens (tertiary/aromatic N) is 4. The monoisotopic (exact) mass is 373 g/mol. The second-order valence-corrected chi connectivity index (χ2v) is 6.57. The fraction of sp³-hybridized carbons (Fsp3) is 0.136. The number of rotatable bonds is 5. The van der Waals surface area contributed by atoms with Gasteiger partial charge in [0.05, 0.1) is 6.04 Å². The van der Waals surface area contributed by atoms with Crippen LogP contribution in [-0.4, -0.2) is 19.5 Å². The normalized spacial score (nSPS) is 12.0. The van der Waals surface area contributed by atoms with Gasteiger partial charge < -0.3 is 9.88 Å². The van der Waals surface area contributed by atoms with Crippen molar-refractivity contribution in [2.24, 2.45) is 7.05 Å². The molecule has 0 amide bonds. The Kier molecular flexibility index (Phi) is 4.85. The van der Waals surface area contributed by atoms with Gasteiger partial charge in [0.1, 0.15) is 11.5 Å². The molecule has 1 N–H and O–H groups in total. The van der Waals surface area contributed by atoms with E-state index < -0.39 is 0 Å². The van der Waals surface area contributed by atoms with Gasteiger partial charge in [0.15, 0.2) is 5.82 Å². The largest absolute Gasteiger partial charge is 0.348 e. The quantitative estimate of drug-likeness (QED) is 0.543. The zero-order valence-electron chi connectivity index (χ0n) is 15.7. The molecule has 2 aromatic carbocycles. The van der Waals surface area contributed by atoms with E-state index in [0.29, 0.717) is 28.6 Å². The molecule has 5 nitrogen and oxygen atoms in total. The van der Waals surface area contributed by atoms with Gasteiger partial charge in [-0.1, -0.05) is 48.5 Å². The molecule has 0 saturated carbocycles. The van der Waals surface area contributed by atoms with Crippen molar-refractivity contribution in [2.75, 3.05) is 5.32 Å². The van der Waals surface area contributed by atoms with E-state index in [9.17, 15) is 4.39 Å². The van der Waals surface area contributed by atoms with Gasteiger partial charge in [0.2, 0.25) is 5.95 Å². The molecule has 4 aromatic rings. The van der Waals surface area contributed by atoms with Gasteiger partial charge in [0.25, 0.3) is 0 Å². The van der Waals surface area contributed by atoms with Crippen LogP contribution >= 0.6 is 0 Å². The third-order valence-electron chi connectivity index (χ3n) is 4.63. The lowest BCUT2D eigenvalue weighted by molar-refractivity contribution is 0.631. The van der Waals surface area contributed by atoms with Gasteiger partial charge in [0, 0.05) is 36.8 Å². The van der Waals surface area contributed by atoms with Crippen molar-refractivity contribution in [3.63, 3.8) is 0 Å². The molecule has 0 fully saturated rings. The molecule has 2 aromatic heterocycles. The van der Waals surface area contributed by atoms with Crippen LogP contribution in [0.15, 0.2) is 73.2 Å². The SMILES string of the molecule is C[C@H](Nc1ncc(-c2ccccc2F)c(-c2nccn2C)n1)c1ccccc1. The highest BCUT2D eigenvalue weighted by molar-refractivity contribution is 5.78. The zero-order valence-corrected chi connectivity index (χ0v) is 15.7. The topological polar surface area (TPSA) is 55.6 Å². The standard InChI is InChI=1S/C22H20FN5/c1-15(16-8-4-3-5-9-16)26-22-25-14-18(17-10-6-7-11-19(17)23)20(27-22)21-24-12-13-28(21)2/h3-15H,1-2H3,(H,25,26,27)/t15-/m0/s1. The average Bonchev–Trinajstić information content (AvgIpc) is 3.15. The molecule has 0 saturated heterocycles. The Morgan fingerprint density at radius 1 is 0.964 bits per heavy atom. The smallest absolute Gasteiger partial charge is 0.223 e. The first-order valence-electron chi connectivity index (χ1n) is 9.04. The summed E-state index contributed by atoms with van der Waals surface area (Å²) < 4.78 is 16.3. The summed E-state index contributed by atoms with van der Waals surface area (Å²) in [7, 11) is 1.88. The first-order chi connectivity index (χ1) is 13.6. The van der Waals surface area contributed by atoms with Gasteiger partial charge in [-0.2, -0.15) is 0 Å². The van der Waals surface area contributed by atoms with Gasteiger partial charge in [-0.25, -0.2) is 19.3 Å². The molecule has 1 atom stereocenters. The maximum Gasteiger partial charge on any atom is 0.223 e. The predicted octanol–water partition coefficient (Wildman–Crippen LogP) is 4.86. The van der Waals surface area contributed by atoms with Crippen molar-refractivity contribution in [3.05, 3.63) is 84.6 Å². The summed E-state index contributed by atoms with van der Waals surface area (Å²) in [6, 6.07) is 16.7. The highest BCUT2D eigenvalue weighted by Crippen LogP contribution is 2.31. The lowest BCUT2D eigenvalue weighted by atomic mass is 10.0. The number of halogens is 1. The van der Waals surface area contributed by atoms with E-state index in [-0.39, 0.29) is 11.9 Å². The maximum absolute atomic E-state index is 14.4. The highest BCUT2D eigenvalue weighted by atomic mass is 19.1. The summed E-state index contributed by atoms with van der Waals surface area (Å²) >= 11 is 0. The summed E-state index contributed by atoms with van der Waals surface area (Å²) in [4.78, 5) is 13.5. The molecule has 140 valence electrons. The molecule has 0 aliphatic rings. The third-order valence-corrected chi connectivity index (χ3v) is 4.63. The summed E-state index contributed by atoms with van der Waals surface area (Å²) in [5, 5.41) is 3.32. The molecule has 0 bridgehead atoms. The van der Waals surface area contributed by atoms with E-state index in [4.69, 9.17) is 0 Å². The van der Waals surface area contributed by atoms with Gasteiger partial charge in [-0.15, -0.1) is 0 Å². The number of hydrogen-bond acceptors (Lipinski definition) is 4. The molecule has 0 aliphatic heterocycles. The molecule has 0 radical (unpaired) electrons. The minimum atomic E-state index is -0.320. The number of hydrogen-bond donors (Lipinski definition) is 1. The van der Waals surface area contributed by atoms with Gasteiger partial charge in [-0.3, -0.25) is 0 Å². The molecular weight excluding hydrogens is 353 g/mol. The van der Waals surface area contributed by atoms with Crippen molar-refractivity contribution >= 4 is 5.95 Å². The van der Waals surface area contributed by atoms with Crippen molar-refractivity contribution in [2.45, 2.75) is 13.0 Å². The summed E-state index contributed by atoms with van der Waals surface area (Å²) in [6.45, 7) is 2.05. The number of anilines is 1. The van der Waals surface area contributed by atoms with E-state index >= 15 is 0 Å². The van der Waals surface area contributed by atoms with Crippen molar-refractivity contribution < 1.29 is 4.39 Å². The Labute approximate surface area is 162 Å². The average molecular weight is 373 g/mol. The van der Waals surface area contributed by atoms with Crippen LogP contribution in [0.4, 0.5) is 10.3 Å². The van der Waals surface area contributed by atoms with Crippen LogP contribution in [0.1, 0.15) is 18.5 Å². The Morgan fingerprint density at radius 3 is 2.43 bits per heavy atom. The van der Waals surface area contributed by atoms with Crippen LogP contribution in [0.3, 0.4) is 0 Å². The number of benzene rings is 2. The minimum Gasteiger partial charge on any atom is -0.348 e. The fourth-order valence-electron chi connectivity index (χ4n) is 3.11. The molecule has 4 rings (SSSR count). The van der Waals surface area contributed by atoms with Crippen LogP contribution in [-0.2, 0) is 7.05 Å². The highest BCUT2D eigenvalue weighted by Gasteiger charge is 2.18. The second kappa shape index (κ2) is 7.60. The predicted molar refractivity (Wildman–Crippen MR) is 108 cm³/mol. The summed E-state index contributed by atoms with van der Waals surface area (Å²) in [5.74, 6) is 0.797. The lowest BCUT2D eigenvalue weighted by Gasteiger charge is -2.16. The Bertz CT molecular complexity index is 1090. The first-order valence-corrected chi connectivity index (χ1v) is 9.04. The van der Waals surface area contributed by atoms with Crippen molar-refractivity contribution in [3.8, 4) is 22.6 Å². The van der Waals surface area contributed by atoms with Gasteiger partial charge >= 0.3 is 0 Å². The van der Waals surface area contributed by atoms with Gasteiger partial charge in [-0.05, 0) is 18.6 Å². The minimum absolute atomic E-state index is 0.0229. The number of nitrogens with one attached hydrogen (secondary N) is 1. The van der Waals surface area contributed by atoms with Crippen LogP contribution in [0.25, 0.3) is 22.6 Å². The zero-order chi connectivity index (χ0) is 19.5. The molecule has 0 unspecified atom stereocenters. The third kappa shape index (κ3) is 3.49. The molecule has 0 aliphatic carbocycles. The first kappa shape index (κ1) is 17.9. The van der Waals surface area contributed by atoms with E-state index in [0.717, 1.165) is 5.56 Å². The lowest BCUT2D eigenvalue weighted by Crippen LogP contribution is -2.10. The second-order valence-electron chi connectivity index (χ2n) is 6.57. The molecule has 6 heteroatoms. The van der Waals surface area contributed by atoms with E-state index in [1.54, 1.807) is 30.6 Å². The molecular formula is C22H20FN5. The Hall–Kier alpha value is -3.54. The number of imidazole rings is 1. The Morgan fingerprint density at radius 2 is 1.71 bits per heavy atom. The van der Waals surface area contributed by atoms with E-state index in [1.807, 2.05) is 55.1 Å². The maximum atomic E-state index is 14.4. The number of aryl methyl sites for hydroxylation is 1. The van der Waals surface area contributed by atoms with E-state index in [2.05, 4.69) is 20.3 Å². The van der Waals surface area contributed by atoms with Crippen LogP contribution in [0.2, 0.25) is 0 Å². The van der Waals surface area contributed by atoms with Crippen molar-refractivity contribution in [1.82, 2.24) is 19.5 Å². The van der Waals surface area contributed by atoms with Crippen LogP contribution in [0.5, 0.6) is 0 Å². The van der Waals surface area contributed by atoms with E-state index in [1.165, 1.54) is 6.07 Å². The summed E-state index contributed by atoms with van der Waals surface area (Å²) in [5.41, 5.74) is 2.76. The molecule has 0 spiro atoms. The fourth-order valence-corrected chi connectivity index (χ4v) is 3.11.